The van der Waals surface area contributed by atoms with Crippen molar-refractivity contribution in [1.82, 2.24) is 14.8 Å². The first-order valence-electron chi connectivity index (χ1n) is 12.6. The quantitative estimate of drug-likeness (QED) is 0.734. The van der Waals surface area contributed by atoms with Gasteiger partial charge in [0.25, 0.3) is 11.8 Å². The van der Waals surface area contributed by atoms with Crippen molar-refractivity contribution in [2.75, 3.05) is 26.2 Å². The molecule has 2 aromatic rings. The monoisotopic (exact) mass is 463 g/mol. The lowest BCUT2D eigenvalue weighted by molar-refractivity contribution is 0.0411. The molecule has 2 amide bonds. The number of nitrogens with zero attached hydrogens (tertiary/aromatic N) is 2. The highest BCUT2D eigenvalue weighted by Crippen LogP contribution is 2.30. The van der Waals surface area contributed by atoms with E-state index in [0.717, 1.165) is 56.9 Å². The number of fused-ring (bicyclic) bond motifs is 1. The number of pyridine rings is 1. The van der Waals surface area contributed by atoms with E-state index in [1.807, 2.05) is 22.8 Å². The van der Waals surface area contributed by atoms with E-state index < -0.39 is 11.3 Å². The molecule has 1 saturated carbocycles. The molecular weight excluding hydrogens is 430 g/mol. The Bertz CT molecular complexity index is 1110. The largest absolute Gasteiger partial charge is 0.371 e. The molecule has 0 radical (unpaired) electrons. The zero-order chi connectivity index (χ0) is 23.5. The molecule has 7 heteroatoms. The Labute approximate surface area is 200 Å². The van der Waals surface area contributed by atoms with Crippen LogP contribution in [0.3, 0.4) is 0 Å². The second kappa shape index (κ2) is 10.1. The number of piperidine rings is 1. The molecule has 180 valence electrons. The molecule has 1 aromatic heterocycles. The summed E-state index contributed by atoms with van der Waals surface area (Å²) >= 11 is 0. The minimum Gasteiger partial charge on any atom is -0.371 e. The normalized spacial score (nSPS) is 20.7. The van der Waals surface area contributed by atoms with E-state index in [1.54, 1.807) is 17.3 Å². The standard InChI is InChI=1S/C27H33N3O4/c31-25-22(26(32)28-16-24-21-11-5-2-8-19(21)12-15-34-24)17-30(20-9-3-4-10-20)18-23(25)27(33)29-13-6-1-7-14-29/h2,5,8,11,17-18,20,24H,1,3-4,6-7,9-10,12-16H2,(H,28,32)/t24-/m1/s1. The van der Waals surface area contributed by atoms with Crippen LogP contribution in [-0.2, 0) is 11.2 Å². The molecule has 34 heavy (non-hydrogen) atoms. The summed E-state index contributed by atoms with van der Waals surface area (Å²) in [4.78, 5) is 41.6. The Morgan fingerprint density at radius 2 is 1.71 bits per heavy atom. The first-order valence-corrected chi connectivity index (χ1v) is 12.6. The number of hydrogen-bond donors (Lipinski definition) is 1. The van der Waals surface area contributed by atoms with Crippen LogP contribution in [0.15, 0.2) is 41.5 Å². The Morgan fingerprint density at radius 1 is 0.971 bits per heavy atom. The molecule has 3 aliphatic rings. The number of carbonyl (C=O) groups excluding carboxylic acids is 2. The van der Waals surface area contributed by atoms with Gasteiger partial charge in [-0.25, -0.2) is 0 Å². The Balaban J connectivity index is 1.40. The highest BCUT2D eigenvalue weighted by atomic mass is 16.5. The van der Waals surface area contributed by atoms with E-state index in [2.05, 4.69) is 11.4 Å². The first kappa shape index (κ1) is 22.8. The third-order valence-electron chi connectivity index (χ3n) is 7.45. The van der Waals surface area contributed by atoms with Gasteiger partial charge in [0.2, 0.25) is 5.43 Å². The minimum atomic E-state index is -0.479. The number of aromatic nitrogens is 1. The van der Waals surface area contributed by atoms with E-state index >= 15 is 0 Å². The number of nitrogens with one attached hydrogen (secondary N) is 1. The van der Waals surface area contributed by atoms with Gasteiger partial charge in [-0.15, -0.1) is 0 Å². The Kier molecular flexibility index (Phi) is 6.81. The molecule has 2 fully saturated rings. The van der Waals surface area contributed by atoms with Gasteiger partial charge in [-0.2, -0.15) is 0 Å². The SMILES string of the molecule is O=C(NC[C@H]1OCCc2ccccc21)c1cn(C2CCCC2)cc(C(=O)N2CCCCC2)c1=O. The summed E-state index contributed by atoms with van der Waals surface area (Å²) in [5.74, 6) is -0.702. The van der Waals surface area contributed by atoms with Crippen LogP contribution in [0, 0.1) is 0 Å². The van der Waals surface area contributed by atoms with Crippen molar-refractivity contribution in [2.45, 2.75) is 63.5 Å². The predicted octanol–water partition coefficient (Wildman–Crippen LogP) is 3.63. The molecule has 3 heterocycles. The van der Waals surface area contributed by atoms with E-state index in [0.29, 0.717) is 19.7 Å². The van der Waals surface area contributed by atoms with Crippen molar-refractivity contribution in [3.05, 3.63) is 69.1 Å². The maximum atomic E-state index is 13.4. The third-order valence-corrected chi connectivity index (χ3v) is 7.45. The Morgan fingerprint density at radius 3 is 2.50 bits per heavy atom. The molecule has 2 aliphatic heterocycles. The molecule has 1 atom stereocenters. The van der Waals surface area contributed by atoms with E-state index in [1.165, 1.54) is 5.56 Å². The van der Waals surface area contributed by atoms with Crippen LogP contribution in [0.2, 0.25) is 0 Å². The number of ether oxygens (including phenoxy) is 1. The highest BCUT2D eigenvalue weighted by molar-refractivity contribution is 5.99. The second-order valence-electron chi connectivity index (χ2n) is 9.67. The molecule has 0 bridgehead atoms. The van der Waals surface area contributed by atoms with E-state index in [4.69, 9.17) is 4.74 Å². The van der Waals surface area contributed by atoms with Gasteiger partial charge in [0, 0.05) is 38.1 Å². The lowest BCUT2D eigenvalue weighted by Gasteiger charge is -2.27. The van der Waals surface area contributed by atoms with Crippen LogP contribution < -0.4 is 10.7 Å². The fourth-order valence-electron chi connectivity index (χ4n) is 5.52. The van der Waals surface area contributed by atoms with Crippen LogP contribution in [0.5, 0.6) is 0 Å². The first-order chi connectivity index (χ1) is 16.6. The number of carbonyl (C=O) groups is 2. The van der Waals surface area contributed by atoms with E-state index in [-0.39, 0.29) is 35.7 Å². The van der Waals surface area contributed by atoms with Crippen LogP contribution in [0.25, 0.3) is 0 Å². The van der Waals surface area contributed by atoms with Crippen molar-refractivity contribution < 1.29 is 14.3 Å². The lowest BCUT2D eigenvalue weighted by Crippen LogP contribution is -2.41. The fraction of sp³-hybridized carbons (Fsp3) is 0.519. The third kappa shape index (κ3) is 4.67. The van der Waals surface area contributed by atoms with E-state index in [9.17, 15) is 14.4 Å². The maximum Gasteiger partial charge on any atom is 0.259 e. The Hall–Kier alpha value is -2.93. The number of benzene rings is 1. The average molecular weight is 464 g/mol. The summed E-state index contributed by atoms with van der Waals surface area (Å²) in [5.41, 5.74) is 1.98. The predicted molar refractivity (Wildman–Crippen MR) is 129 cm³/mol. The zero-order valence-electron chi connectivity index (χ0n) is 19.6. The van der Waals surface area contributed by atoms with Gasteiger partial charge in [-0.05, 0) is 49.7 Å². The summed E-state index contributed by atoms with van der Waals surface area (Å²) < 4.78 is 7.85. The number of hydrogen-bond acceptors (Lipinski definition) is 4. The van der Waals surface area contributed by atoms with Crippen molar-refractivity contribution >= 4 is 11.8 Å². The van der Waals surface area contributed by atoms with Crippen molar-refractivity contribution in [3.63, 3.8) is 0 Å². The molecular formula is C27H33N3O4. The van der Waals surface area contributed by atoms with Gasteiger partial charge in [0.1, 0.15) is 17.2 Å². The van der Waals surface area contributed by atoms with Crippen molar-refractivity contribution in [1.29, 1.82) is 0 Å². The molecule has 0 spiro atoms. The maximum absolute atomic E-state index is 13.4. The van der Waals surface area contributed by atoms with Gasteiger partial charge in [-0.3, -0.25) is 14.4 Å². The highest BCUT2D eigenvalue weighted by Gasteiger charge is 2.27. The van der Waals surface area contributed by atoms with Gasteiger partial charge in [-0.1, -0.05) is 37.1 Å². The minimum absolute atomic E-state index is 0.0406. The summed E-state index contributed by atoms with van der Waals surface area (Å²) in [6.07, 6.45) is 11.2. The van der Waals surface area contributed by atoms with Crippen LogP contribution in [-0.4, -0.2) is 47.5 Å². The second-order valence-corrected chi connectivity index (χ2v) is 9.67. The van der Waals surface area contributed by atoms with Crippen LogP contribution >= 0.6 is 0 Å². The van der Waals surface area contributed by atoms with Gasteiger partial charge in [0.05, 0.1) is 6.61 Å². The van der Waals surface area contributed by atoms with Gasteiger partial charge in [0.15, 0.2) is 0 Å². The molecule has 7 nitrogen and oxygen atoms in total. The average Bonchev–Trinajstić information content (AvgIpc) is 3.43. The van der Waals surface area contributed by atoms with Crippen LogP contribution in [0.4, 0.5) is 0 Å². The molecule has 0 unspecified atom stereocenters. The fourth-order valence-corrected chi connectivity index (χ4v) is 5.52. The van der Waals surface area contributed by atoms with Crippen molar-refractivity contribution in [3.8, 4) is 0 Å². The molecule has 1 saturated heterocycles. The smallest absolute Gasteiger partial charge is 0.259 e. The van der Waals surface area contributed by atoms with Gasteiger partial charge >= 0.3 is 0 Å². The zero-order valence-corrected chi connectivity index (χ0v) is 19.6. The molecule has 1 aromatic carbocycles. The van der Waals surface area contributed by atoms with Gasteiger partial charge < -0.3 is 19.5 Å². The summed E-state index contributed by atoms with van der Waals surface area (Å²) in [7, 11) is 0. The molecule has 1 aliphatic carbocycles. The number of likely N-dealkylation sites (tertiary alicyclic amines) is 1. The molecule has 1 N–H and O–H groups in total. The molecule has 5 rings (SSSR count). The summed E-state index contributed by atoms with van der Waals surface area (Å²) in [5, 5.41) is 2.91. The summed E-state index contributed by atoms with van der Waals surface area (Å²) in [6.45, 7) is 2.21. The topological polar surface area (TPSA) is 80.6 Å². The summed E-state index contributed by atoms with van der Waals surface area (Å²) in [6, 6.07) is 8.31. The number of amides is 2. The van der Waals surface area contributed by atoms with Crippen molar-refractivity contribution in [2.24, 2.45) is 0 Å². The van der Waals surface area contributed by atoms with Crippen LogP contribution in [0.1, 0.15) is 88.9 Å². The number of rotatable bonds is 5. The lowest BCUT2D eigenvalue weighted by atomic mass is 9.97.